The molecule has 0 radical (unpaired) electrons. The number of phenols is 1. The van der Waals surface area contributed by atoms with Crippen molar-refractivity contribution in [3.8, 4) is 5.75 Å². The third-order valence-corrected chi connectivity index (χ3v) is 5.11. The van der Waals surface area contributed by atoms with Gasteiger partial charge in [-0.05, 0) is 37.1 Å². The molecule has 0 bridgehead atoms. The number of phenolic OH excluding ortho intramolecular Hbond substituents is 1. The fourth-order valence-corrected chi connectivity index (χ4v) is 3.73. The average molecular weight is 395 g/mol. The molecule has 1 atom stereocenters. The van der Waals surface area contributed by atoms with E-state index in [1.807, 2.05) is 6.92 Å². The third-order valence-electron chi connectivity index (χ3n) is 4.31. The molecule has 27 heavy (non-hydrogen) atoms. The van der Waals surface area contributed by atoms with E-state index in [-0.39, 0.29) is 5.69 Å². The van der Waals surface area contributed by atoms with Gasteiger partial charge < -0.3 is 16.2 Å². The summed E-state index contributed by atoms with van der Waals surface area (Å²) in [6.07, 6.45) is 0.662. The Bertz CT molecular complexity index is 952. The van der Waals surface area contributed by atoms with Crippen LogP contribution in [0.25, 0.3) is 0 Å². The third kappa shape index (κ3) is 3.87. The van der Waals surface area contributed by atoms with E-state index in [0.717, 1.165) is 11.8 Å². The number of aliphatic imine (C=N–C) groups is 1. The lowest BCUT2D eigenvalue weighted by atomic mass is 9.89. The normalized spacial score (nSPS) is 19.5. The highest BCUT2D eigenvalue weighted by Crippen LogP contribution is 2.36. The molecule has 0 spiro atoms. The molecule has 1 amide bonds. The minimum atomic E-state index is -1.16. The molecule has 4 N–H and O–H groups in total. The molecule has 2 aromatic rings. The molecule has 0 fully saturated rings. The number of hydrogen-bond donors (Lipinski definition) is 3. The van der Waals surface area contributed by atoms with Gasteiger partial charge in [0.15, 0.2) is 16.7 Å². The molecule has 2 aromatic carbocycles. The smallest absolute Gasteiger partial charge is 0.258 e. The lowest BCUT2D eigenvalue weighted by Gasteiger charge is -2.30. The summed E-state index contributed by atoms with van der Waals surface area (Å²) in [5.41, 5.74) is 4.88. The zero-order chi connectivity index (χ0) is 19.8. The van der Waals surface area contributed by atoms with Gasteiger partial charge in [0.1, 0.15) is 11.6 Å². The molecule has 1 unspecified atom stereocenters. The van der Waals surface area contributed by atoms with E-state index in [0.29, 0.717) is 29.3 Å². The first-order valence-corrected chi connectivity index (χ1v) is 8.96. The van der Waals surface area contributed by atoms with Gasteiger partial charge in [0.25, 0.3) is 5.91 Å². The first kappa shape index (κ1) is 19.1. The van der Waals surface area contributed by atoms with Crippen molar-refractivity contribution in [2.75, 3.05) is 11.1 Å². The fraction of sp³-hybridized carbons (Fsp3) is 0.222. The van der Waals surface area contributed by atoms with Crippen molar-refractivity contribution in [3.05, 3.63) is 58.9 Å². The van der Waals surface area contributed by atoms with Crippen molar-refractivity contribution in [1.82, 2.24) is 0 Å². The van der Waals surface area contributed by atoms with Gasteiger partial charge in [-0.15, -0.1) is 0 Å². The number of benzene rings is 2. The number of carbonyl (C=O) groups is 1. The van der Waals surface area contributed by atoms with Gasteiger partial charge in [0.2, 0.25) is 0 Å². The van der Waals surface area contributed by atoms with Crippen LogP contribution in [0.4, 0.5) is 18.9 Å². The molecule has 1 heterocycles. The van der Waals surface area contributed by atoms with Crippen molar-refractivity contribution in [2.24, 2.45) is 10.7 Å². The number of nitrogens with zero attached hydrogens (tertiary/aromatic N) is 1. The minimum Gasteiger partial charge on any atom is -0.505 e. The van der Waals surface area contributed by atoms with Crippen LogP contribution in [0.15, 0.2) is 35.3 Å². The maximum Gasteiger partial charge on any atom is 0.258 e. The Morgan fingerprint density at radius 1 is 1.22 bits per heavy atom. The molecule has 1 aliphatic rings. The van der Waals surface area contributed by atoms with Gasteiger partial charge >= 0.3 is 0 Å². The number of carbonyl (C=O) groups excluding carboxylic acids is 1. The number of hydrogen-bond acceptors (Lipinski definition) is 5. The summed E-state index contributed by atoms with van der Waals surface area (Å²) in [6.45, 7) is 1.84. The molecule has 1 aliphatic heterocycles. The molecule has 0 aliphatic carbocycles. The number of amides is 1. The van der Waals surface area contributed by atoms with E-state index in [4.69, 9.17) is 10.8 Å². The number of amidine groups is 1. The molecule has 0 saturated carbocycles. The molecular formula is C18H16F3N3O2S. The highest BCUT2D eigenvalue weighted by molar-refractivity contribution is 8.13. The van der Waals surface area contributed by atoms with Crippen LogP contribution >= 0.6 is 11.8 Å². The van der Waals surface area contributed by atoms with Crippen molar-refractivity contribution >= 4 is 28.5 Å². The van der Waals surface area contributed by atoms with E-state index >= 15 is 0 Å². The zero-order valence-electron chi connectivity index (χ0n) is 14.2. The summed E-state index contributed by atoms with van der Waals surface area (Å²) in [7, 11) is 0. The van der Waals surface area contributed by atoms with E-state index in [1.54, 1.807) is 6.07 Å². The number of aromatic hydroxyl groups is 1. The standard InChI is InChI=1S/C18H16F3N3O2S/c1-18(4-5-27-17(22)24-18)9-2-3-11(19)14(6-9)23-16(26)10-7-13(21)15(25)8-12(10)20/h2-3,6-8,25H,4-5H2,1H3,(H2,22,24)(H,23,26). The zero-order valence-corrected chi connectivity index (χ0v) is 15.0. The summed E-state index contributed by atoms with van der Waals surface area (Å²) < 4.78 is 41.4. The van der Waals surface area contributed by atoms with Crippen LogP contribution in [0, 0.1) is 17.5 Å². The van der Waals surface area contributed by atoms with Crippen molar-refractivity contribution < 1.29 is 23.1 Å². The number of nitrogens with two attached hydrogens (primary N) is 1. The summed E-state index contributed by atoms with van der Waals surface area (Å²) in [4.78, 5) is 16.7. The lowest BCUT2D eigenvalue weighted by molar-refractivity contribution is 0.102. The molecule has 0 aromatic heterocycles. The molecule has 3 rings (SSSR count). The second-order valence-corrected chi connectivity index (χ2v) is 7.37. The maximum atomic E-state index is 14.2. The highest BCUT2D eigenvalue weighted by Gasteiger charge is 2.30. The van der Waals surface area contributed by atoms with Gasteiger partial charge in [-0.25, -0.2) is 13.2 Å². The van der Waals surface area contributed by atoms with Gasteiger partial charge in [-0.3, -0.25) is 9.79 Å². The van der Waals surface area contributed by atoms with E-state index in [2.05, 4.69) is 10.3 Å². The van der Waals surface area contributed by atoms with E-state index in [1.165, 1.54) is 17.8 Å². The van der Waals surface area contributed by atoms with Crippen molar-refractivity contribution in [3.63, 3.8) is 0 Å². The average Bonchev–Trinajstić information content (AvgIpc) is 2.59. The fourth-order valence-electron chi connectivity index (χ4n) is 2.75. The first-order chi connectivity index (χ1) is 12.7. The second-order valence-electron chi connectivity index (χ2n) is 6.25. The lowest BCUT2D eigenvalue weighted by Crippen LogP contribution is -2.29. The predicted molar refractivity (Wildman–Crippen MR) is 98.4 cm³/mol. The second kappa shape index (κ2) is 7.15. The molecule has 5 nitrogen and oxygen atoms in total. The highest BCUT2D eigenvalue weighted by atomic mass is 32.2. The maximum absolute atomic E-state index is 14.2. The molecular weight excluding hydrogens is 379 g/mol. The SMILES string of the molecule is CC1(c2ccc(F)c(NC(=O)c3cc(F)c(O)cc3F)c2)CCSC(N)=N1. The van der Waals surface area contributed by atoms with Crippen LogP contribution in [0.2, 0.25) is 0 Å². The summed E-state index contributed by atoms with van der Waals surface area (Å²) in [5.74, 6) is -4.25. The van der Waals surface area contributed by atoms with Crippen molar-refractivity contribution in [1.29, 1.82) is 0 Å². The summed E-state index contributed by atoms with van der Waals surface area (Å²) in [5, 5.41) is 11.8. The Kier molecular flexibility index (Phi) is 5.05. The summed E-state index contributed by atoms with van der Waals surface area (Å²) >= 11 is 1.42. The molecule has 9 heteroatoms. The summed E-state index contributed by atoms with van der Waals surface area (Å²) in [6, 6.07) is 5.13. The Balaban J connectivity index is 1.93. The van der Waals surface area contributed by atoms with Crippen LogP contribution in [0.1, 0.15) is 29.3 Å². The number of halogens is 3. The predicted octanol–water partition coefficient (Wildman–Crippen LogP) is 3.73. The monoisotopic (exact) mass is 395 g/mol. The first-order valence-electron chi connectivity index (χ1n) is 7.97. The largest absolute Gasteiger partial charge is 0.505 e. The van der Waals surface area contributed by atoms with Gasteiger partial charge in [0.05, 0.1) is 16.8 Å². The number of rotatable bonds is 3. The molecule has 142 valence electrons. The number of anilines is 1. The Labute approximate surface area is 157 Å². The van der Waals surface area contributed by atoms with Crippen LogP contribution in [0.5, 0.6) is 5.75 Å². The minimum absolute atomic E-state index is 0.196. The quantitative estimate of drug-likeness (QED) is 0.739. The van der Waals surface area contributed by atoms with Gasteiger partial charge in [0, 0.05) is 11.8 Å². The van der Waals surface area contributed by atoms with Crippen LogP contribution in [0.3, 0.4) is 0 Å². The topological polar surface area (TPSA) is 87.7 Å². The van der Waals surface area contributed by atoms with Gasteiger partial charge in [-0.2, -0.15) is 0 Å². The van der Waals surface area contributed by atoms with Crippen LogP contribution < -0.4 is 11.1 Å². The Morgan fingerprint density at radius 3 is 2.67 bits per heavy atom. The Morgan fingerprint density at radius 2 is 1.96 bits per heavy atom. The number of nitrogens with one attached hydrogen (secondary N) is 1. The molecule has 0 saturated heterocycles. The van der Waals surface area contributed by atoms with Crippen LogP contribution in [-0.2, 0) is 5.54 Å². The van der Waals surface area contributed by atoms with Crippen molar-refractivity contribution in [2.45, 2.75) is 18.9 Å². The Hall–Kier alpha value is -2.68. The van der Waals surface area contributed by atoms with E-state index < -0.39 is 40.2 Å². The van der Waals surface area contributed by atoms with Crippen LogP contribution in [-0.4, -0.2) is 21.9 Å². The number of thioether (sulfide) groups is 1. The van der Waals surface area contributed by atoms with Gasteiger partial charge in [-0.1, -0.05) is 17.8 Å². The van der Waals surface area contributed by atoms with E-state index in [9.17, 15) is 18.0 Å².